The molecule has 0 rings (SSSR count). The largest absolute Gasteiger partial charge is 0.306 e. The van der Waals surface area contributed by atoms with E-state index in [0.717, 1.165) is 0 Å². The number of hydrogen-bond acceptors (Lipinski definition) is 2. The van der Waals surface area contributed by atoms with Gasteiger partial charge in [-0.2, -0.15) is 0 Å². The molecule has 2 heteroatoms. The summed E-state index contributed by atoms with van der Waals surface area (Å²) < 4.78 is 0. The zero-order chi connectivity index (χ0) is 11.5. The van der Waals surface area contributed by atoms with Crippen LogP contribution in [-0.2, 0) is 0 Å². The van der Waals surface area contributed by atoms with Crippen LogP contribution in [0.25, 0.3) is 0 Å². The fourth-order valence-electron chi connectivity index (χ4n) is 1.42. The van der Waals surface area contributed by atoms with Gasteiger partial charge < -0.3 is 4.90 Å². The van der Waals surface area contributed by atoms with Crippen LogP contribution >= 0.6 is 11.8 Å². The highest BCUT2D eigenvalue weighted by molar-refractivity contribution is 8.03. The molecule has 0 radical (unpaired) electrons. The van der Waals surface area contributed by atoms with Crippen LogP contribution in [-0.4, -0.2) is 30.8 Å². The lowest BCUT2D eigenvalue weighted by atomic mass is 10.3. The summed E-state index contributed by atoms with van der Waals surface area (Å²) in [6.45, 7) is 10.5. The molecule has 0 spiro atoms. The topological polar surface area (TPSA) is 3.24 Å². The average molecular weight is 227 g/mol. The van der Waals surface area contributed by atoms with Crippen LogP contribution in [0.4, 0.5) is 0 Å². The molecule has 15 heavy (non-hydrogen) atoms. The molecule has 0 aromatic heterocycles. The molecule has 0 amide bonds. The van der Waals surface area contributed by atoms with Gasteiger partial charge in [-0.25, -0.2) is 0 Å². The Bertz CT molecular complexity index is 187. The predicted molar refractivity (Wildman–Crippen MR) is 73.4 cm³/mol. The maximum Gasteiger partial charge on any atom is -0.00215 e. The van der Waals surface area contributed by atoms with E-state index in [1.807, 2.05) is 17.8 Å². The van der Waals surface area contributed by atoms with E-state index < -0.39 is 0 Å². The molecule has 0 unspecified atom stereocenters. The third kappa shape index (κ3) is 10.1. The highest BCUT2D eigenvalue weighted by Crippen LogP contribution is 2.16. The summed E-state index contributed by atoms with van der Waals surface area (Å²) in [6.07, 6.45) is 7.81. The second-order valence-corrected chi connectivity index (χ2v) is 5.21. The summed E-state index contributed by atoms with van der Waals surface area (Å²) in [5.41, 5.74) is 0. The first kappa shape index (κ1) is 14.8. The number of allylic oxidation sites excluding steroid dienone is 3. The Morgan fingerprint density at radius 2 is 2.07 bits per heavy atom. The van der Waals surface area contributed by atoms with Gasteiger partial charge in [-0.1, -0.05) is 25.7 Å². The molecule has 0 aliphatic rings. The fraction of sp³-hybridized carbons (Fsp3) is 0.692. The van der Waals surface area contributed by atoms with Gasteiger partial charge >= 0.3 is 0 Å². The van der Waals surface area contributed by atoms with Crippen LogP contribution in [0.1, 0.15) is 33.1 Å². The van der Waals surface area contributed by atoms with Crippen LogP contribution < -0.4 is 0 Å². The van der Waals surface area contributed by atoms with Gasteiger partial charge in [-0.3, -0.25) is 0 Å². The van der Waals surface area contributed by atoms with E-state index >= 15 is 0 Å². The van der Waals surface area contributed by atoms with Crippen molar-refractivity contribution in [3.63, 3.8) is 0 Å². The second-order valence-electron chi connectivity index (χ2n) is 3.87. The third-order valence-electron chi connectivity index (χ3n) is 2.22. The molecule has 88 valence electrons. The molecule has 0 aliphatic carbocycles. The molecule has 0 saturated heterocycles. The Morgan fingerprint density at radius 3 is 2.67 bits per heavy atom. The lowest BCUT2D eigenvalue weighted by Gasteiger charge is -2.14. The Hall–Kier alpha value is -0.210. The van der Waals surface area contributed by atoms with Crippen LogP contribution in [0, 0.1) is 0 Å². The monoisotopic (exact) mass is 227 g/mol. The molecule has 0 aromatic carbocycles. The minimum Gasteiger partial charge on any atom is -0.306 e. The van der Waals surface area contributed by atoms with Crippen molar-refractivity contribution in [2.75, 3.05) is 25.9 Å². The molecule has 0 bridgehead atoms. The van der Waals surface area contributed by atoms with Crippen molar-refractivity contribution in [1.82, 2.24) is 4.90 Å². The van der Waals surface area contributed by atoms with Gasteiger partial charge in [-0.15, -0.1) is 11.8 Å². The summed E-state index contributed by atoms with van der Waals surface area (Å²) in [4.78, 5) is 3.78. The quantitative estimate of drug-likeness (QED) is 0.434. The fourth-order valence-corrected chi connectivity index (χ4v) is 2.29. The van der Waals surface area contributed by atoms with Crippen molar-refractivity contribution in [2.24, 2.45) is 0 Å². The SMILES string of the molecule is C=C/C=C(\C)SCCCCN(C)CCC. The molecule has 0 aliphatic heterocycles. The Morgan fingerprint density at radius 1 is 1.33 bits per heavy atom. The Kier molecular flexibility index (Phi) is 10.2. The molecule has 0 atom stereocenters. The van der Waals surface area contributed by atoms with E-state index in [2.05, 4.69) is 38.5 Å². The lowest BCUT2D eigenvalue weighted by Crippen LogP contribution is -2.20. The van der Waals surface area contributed by atoms with Crippen LogP contribution in [0.15, 0.2) is 23.6 Å². The molecule has 0 aromatic rings. The van der Waals surface area contributed by atoms with Crippen LogP contribution in [0.2, 0.25) is 0 Å². The standard InChI is InChI=1S/C13H25NS/c1-5-9-13(3)15-12-8-7-11-14(4)10-6-2/h5,9H,1,6-8,10-12H2,2-4H3/b13-9+. The van der Waals surface area contributed by atoms with Gasteiger partial charge in [-0.05, 0) is 57.0 Å². The highest BCUT2D eigenvalue weighted by atomic mass is 32.2. The van der Waals surface area contributed by atoms with Crippen molar-refractivity contribution in [2.45, 2.75) is 33.1 Å². The van der Waals surface area contributed by atoms with Gasteiger partial charge in [0.1, 0.15) is 0 Å². The summed E-state index contributed by atoms with van der Waals surface area (Å²) in [5.74, 6) is 1.23. The van der Waals surface area contributed by atoms with Crippen molar-refractivity contribution in [3.05, 3.63) is 23.6 Å². The summed E-state index contributed by atoms with van der Waals surface area (Å²) in [5, 5.41) is 0. The predicted octanol–water partition coefficient (Wildman–Crippen LogP) is 3.93. The Labute approximate surface area is 99.6 Å². The summed E-state index contributed by atoms with van der Waals surface area (Å²) in [6, 6.07) is 0. The first-order valence-electron chi connectivity index (χ1n) is 5.81. The number of hydrogen-bond donors (Lipinski definition) is 0. The van der Waals surface area contributed by atoms with E-state index in [9.17, 15) is 0 Å². The number of thioether (sulfide) groups is 1. The molecular formula is C13H25NS. The van der Waals surface area contributed by atoms with E-state index in [1.54, 1.807) is 0 Å². The summed E-state index contributed by atoms with van der Waals surface area (Å²) >= 11 is 1.94. The van der Waals surface area contributed by atoms with E-state index in [-0.39, 0.29) is 0 Å². The molecule has 0 saturated carbocycles. The third-order valence-corrected chi connectivity index (χ3v) is 3.31. The van der Waals surface area contributed by atoms with E-state index in [4.69, 9.17) is 0 Å². The van der Waals surface area contributed by atoms with Gasteiger partial charge in [0.25, 0.3) is 0 Å². The van der Waals surface area contributed by atoms with Gasteiger partial charge in [0, 0.05) is 0 Å². The second kappa shape index (κ2) is 10.3. The first-order valence-corrected chi connectivity index (χ1v) is 6.80. The van der Waals surface area contributed by atoms with Crippen molar-refractivity contribution >= 4 is 11.8 Å². The maximum absolute atomic E-state index is 3.69. The minimum atomic E-state index is 1.22. The first-order chi connectivity index (χ1) is 7.20. The molecule has 1 nitrogen and oxygen atoms in total. The average Bonchev–Trinajstić information content (AvgIpc) is 2.18. The number of unbranched alkanes of at least 4 members (excludes halogenated alkanes) is 1. The highest BCUT2D eigenvalue weighted by Gasteiger charge is 1.96. The Balaban J connectivity index is 3.31. The minimum absolute atomic E-state index is 1.22. The molecular weight excluding hydrogens is 202 g/mol. The van der Waals surface area contributed by atoms with Crippen LogP contribution in [0.5, 0.6) is 0 Å². The molecule has 0 fully saturated rings. The van der Waals surface area contributed by atoms with E-state index in [1.165, 1.54) is 43.0 Å². The van der Waals surface area contributed by atoms with E-state index in [0.29, 0.717) is 0 Å². The normalized spacial score (nSPS) is 12.1. The molecule has 0 heterocycles. The zero-order valence-corrected chi connectivity index (χ0v) is 11.3. The number of rotatable bonds is 9. The van der Waals surface area contributed by atoms with Gasteiger partial charge in [0.2, 0.25) is 0 Å². The smallest absolute Gasteiger partial charge is 0.00215 e. The van der Waals surface area contributed by atoms with Crippen molar-refractivity contribution in [3.8, 4) is 0 Å². The lowest BCUT2D eigenvalue weighted by molar-refractivity contribution is 0.329. The maximum atomic E-state index is 3.69. The zero-order valence-electron chi connectivity index (χ0n) is 10.5. The number of nitrogens with zero attached hydrogens (tertiary/aromatic N) is 1. The van der Waals surface area contributed by atoms with Gasteiger partial charge in [0.15, 0.2) is 0 Å². The van der Waals surface area contributed by atoms with Gasteiger partial charge in [0.05, 0.1) is 0 Å². The molecule has 0 N–H and O–H groups in total. The summed E-state index contributed by atoms with van der Waals surface area (Å²) in [7, 11) is 2.21. The van der Waals surface area contributed by atoms with Crippen LogP contribution in [0.3, 0.4) is 0 Å². The van der Waals surface area contributed by atoms with Crippen molar-refractivity contribution in [1.29, 1.82) is 0 Å². The van der Waals surface area contributed by atoms with Crippen molar-refractivity contribution < 1.29 is 0 Å².